The third-order valence-electron chi connectivity index (χ3n) is 2.23. The maximum Gasteiger partial charge on any atom is 0.277 e. The Balaban J connectivity index is 2.16. The number of halogens is 1. The van der Waals surface area contributed by atoms with Crippen LogP contribution in [0.2, 0.25) is 0 Å². The van der Waals surface area contributed by atoms with Crippen molar-refractivity contribution in [2.45, 2.75) is 0 Å². The average Bonchev–Trinajstić information content (AvgIpc) is 2.96. The van der Waals surface area contributed by atoms with E-state index >= 15 is 0 Å². The van der Waals surface area contributed by atoms with Gasteiger partial charge in [-0.2, -0.15) is 14.3 Å². The van der Waals surface area contributed by atoms with Crippen LogP contribution in [0.3, 0.4) is 0 Å². The van der Waals surface area contributed by atoms with Gasteiger partial charge in [0.15, 0.2) is 0 Å². The predicted octanol–water partition coefficient (Wildman–Crippen LogP) is 0.588. The quantitative estimate of drug-likeness (QED) is 0.743. The highest BCUT2D eigenvalue weighted by molar-refractivity contribution is 9.10. The second-order valence-electron chi connectivity index (χ2n) is 3.38. The number of aromatic nitrogens is 7. The first-order chi connectivity index (χ1) is 8.75. The highest BCUT2D eigenvalue weighted by atomic mass is 79.9. The number of nitrogen functional groups attached to an aromatic ring is 1. The van der Waals surface area contributed by atoms with Gasteiger partial charge in [0.2, 0.25) is 10.7 Å². The number of anilines is 1. The van der Waals surface area contributed by atoms with Crippen molar-refractivity contribution < 1.29 is 0 Å². The third kappa shape index (κ3) is 1.74. The average molecular weight is 307 g/mol. The Bertz CT molecular complexity index is 673. The minimum absolute atomic E-state index is 0.143. The smallest absolute Gasteiger partial charge is 0.277 e. The summed E-state index contributed by atoms with van der Waals surface area (Å²) in [5, 5.41) is 15.5. The summed E-state index contributed by atoms with van der Waals surface area (Å²) in [6, 6.07) is 9.47. The molecule has 2 aromatic heterocycles. The van der Waals surface area contributed by atoms with Gasteiger partial charge in [-0.05, 0) is 38.5 Å². The first-order valence-corrected chi connectivity index (χ1v) is 5.77. The van der Waals surface area contributed by atoms with Crippen LogP contribution in [-0.4, -0.2) is 35.0 Å². The van der Waals surface area contributed by atoms with E-state index in [-0.39, 0.29) is 5.95 Å². The van der Waals surface area contributed by atoms with E-state index in [1.165, 1.54) is 4.68 Å². The van der Waals surface area contributed by atoms with Gasteiger partial charge >= 0.3 is 0 Å². The number of rotatable bonds is 2. The van der Waals surface area contributed by atoms with E-state index in [9.17, 15) is 0 Å². The van der Waals surface area contributed by atoms with E-state index in [1.54, 1.807) is 4.68 Å². The Morgan fingerprint density at radius 2 is 1.89 bits per heavy atom. The SMILES string of the molecule is Nc1nc(Br)n(-c2nnnn2-c2ccccc2)n1. The summed E-state index contributed by atoms with van der Waals surface area (Å²) >= 11 is 3.25. The molecule has 0 fully saturated rings. The first-order valence-electron chi connectivity index (χ1n) is 4.98. The number of nitrogens with two attached hydrogens (primary N) is 1. The van der Waals surface area contributed by atoms with Crippen molar-refractivity contribution in [1.82, 2.24) is 35.0 Å². The summed E-state index contributed by atoms with van der Waals surface area (Å²) in [5.41, 5.74) is 6.34. The van der Waals surface area contributed by atoms with Gasteiger partial charge in [0, 0.05) is 0 Å². The van der Waals surface area contributed by atoms with Crippen LogP contribution in [-0.2, 0) is 0 Å². The molecule has 0 saturated carbocycles. The molecule has 1 aromatic carbocycles. The number of tetrazole rings is 1. The van der Waals surface area contributed by atoms with E-state index in [0.29, 0.717) is 10.7 Å². The zero-order valence-corrected chi connectivity index (χ0v) is 10.6. The molecule has 0 aliphatic heterocycles. The van der Waals surface area contributed by atoms with Crippen LogP contribution < -0.4 is 5.73 Å². The second-order valence-corrected chi connectivity index (χ2v) is 4.09. The molecule has 0 atom stereocenters. The molecule has 0 unspecified atom stereocenters. The number of hydrogen-bond acceptors (Lipinski definition) is 6. The van der Waals surface area contributed by atoms with E-state index in [1.807, 2.05) is 30.3 Å². The summed E-state index contributed by atoms with van der Waals surface area (Å²) < 4.78 is 3.40. The summed E-state index contributed by atoms with van der Waals surface area (Å²) in [6.45, 7) is 0. The highest BCUT2D eigenvalue weighted by Crippen LogP contribution is 2.15. The molecule has 0 amide bonds. The molecule has 0 bridgehead atoms. The lowest BCUT2D eigenvalue weighted by Gasteiger charge is -2.03. The Labute approximate surface area is 110 Å². The molecule has 2 heterocycles. The lowest BCUT2D eigenvalue weighted by Crippen LogP contribution is -2.08. The van der Waals surface area contributed by atoms with Crippen LogP contribution >= 0.6 is 15.9 Å². The lowest BCUT2D eigenvalue weighted by molar-refractivity contribution is 0.732. The summed E-state index contributed by atoms with van der Waals surface area (Å²) in [7, 11) is 0. The van der Waals surface area contributed by atoms with E-state index < -0.39 is 0 Å². The molecule has 0 aliphatic rings. The molecule has 0 aliphatic carbocycles. The van der Waals surface area contributed by atoms with Crippen molar-refractivity contribution in [2.75, 3.05) is 5.73 Å². The van der Waals surface area contributed by atoms with Crippen molar-refractivity contribution in [3.63, 3.8) is 0 Å². The number of para-hydroxylation sites is 1. The van der Waals surface area contributed by atoms with E-state index in [4.69, 9.17) is 5.73 Å². The monoisotopic (exact) mass is 306 g/mol. The molecule has 0 radical (unpaired) electrons. The topological polar surface area (TPSA) is 100 Å². The Morgan fingerprint density at radius 1 is 1.11 bits per heavy atom. The molecular formula is C9H7BrN8. The molecule has 18 heavy (non-hydrogen) atoms. The second kappa shape index (κ2) is 4.18. The number of benzene rings is 1. The summed E-state index contributed by atoms with van der Waals surface area (Å²) in [5.74, 6) is 0.543. The molecule has 3 aromatic rings. The van der Waals surface area contributed by atoms with E-state index in [2.05, 4.69) is 41.5 Å². The predicted molar refractivity (Wildman–Crippen MR) is 66.2 cm³/mol. The van der Waals surface area contributed by atoms with Crippen molar-refractivity contribution in [2.24, 2.45) is 0 Å². The molecule has 2 N–H and O–H groups in total. The highest BCUT2D eigenvalue weighted by Gasteiger charge is 2.15. The van der Waals surface area contributed by atoms with Crippen LogP contribution in [0.5, 0.6) is 0 Å². The fraction of sp³-hybridized carbons (Fsp3) is 0. The Kier molecular flexibility index (Phi) is 2.52. The van der Waals surface area contributed by atoms with Gasteiger partial charge in [0.25, 0.3) is 5.95 Å². The standard InChI is InChI=1S/C9H7BrN8/c10-7-12-8(11)14-18(7)9-13-15-16-17(9)6-4-2-1-3-5-6/h1-5H,(H2,11,14). The van der Waals surface area contributed by atoms with E-state index in [0.717, 1.165) is 5.69 Å². The van der Waals surface area contributed by atoms with Crippen LogP contribution in [0.15, 0.2) is 35.1 Å². The zero-order chi connectivity index (χ0) is 12.5. The van der Waals surface area contributed by atoms with Gasteiger partial charge in [-0.15, -0.1) is 5.10 Å². The molecule has 0 spiro atoms. The van der Waals surface area contributed by atoms with Crippen molar-refractivity contribution in [3.05, 3.63) is 35.1 Å². The van der Waals surface area contributed by atoms with Gasteiger partial charge in [0.1, 0.15) is 0 Å². The maximum absolute atomic E-state index is 5.52. The largest absolute Gasteiger partial charge is 0.366 e. The first kappa shape index (κ1) is 10.8. The molecule has 3 rings (SSSR count). The Morgan fingerprint density at radius 3 is 2.56 bits per heavy atom. The lowest BCUT2D eigenvalue weighted by atomic mass is 10.3. The van der Waals surface area contributed by atoms with Gasteiger partial charge in [-0.1, -0.05) is 23.3 Å². The molecule has 0 saturated heterocycles. The van der Waals surface area contributed by atoms with Crippen molar-refractivity contribution in [3.8, 4) is 11.6 Å². The van der Waals surface area contributed by atoms with Gasteiger partial charge < -0.3 is 5.73 Å². The van der Waals surface area contributed by atoms with Crippen molar-refractivity contribution >= 4 is 21.9 Å². The van der Waals surface area contributed by atoms with Gasteiger partial charge in [-0.25, -0.2) is 0 Å². The Hall–Kier alpha value is -2.29. The minimum Gasteiger partial charge on any atom is -0.366 e. The molecule has 90 valence electrons. The van der Waals surface area contributed by atoms with Crippen LogP contribution in [0.25, 0.3) is 11.6 Å². The fourth-order valence-electron chi connectivity index (χ4n) is 1.49. The molecular weight excluding hydrogens is 300 g/mol. The normalized spacial score (nSPS) is 10.7. The molecule has 8 nitrogen and oxygen atoms in total. The molecule has 9 heteroatoms. The summed E-state index contributed by atoms with van der Waals surface area (Å²) in [4.78, 5) is 3.94. The number of hydrogen-bond donors (Lipinski definition) is 1. The van der Waals surface area contributed by atoms with Crippen LogP contribution in [0.1, 0.15) is 0 Å². The van der Waals surface area contributed by atoms with Crippen LogP contribution in [0, 0.1) is 0 Å². The fourth-order valence-corrected chi connectivity index (χ4v) is 1.91. The van der Waals surface area contributed by atoms with Crippen LogP contribution in [0.4, 0.5) is 5.95 Å². The minimum atomic E-state index is 0.143. The number of nitrogens with zero attached hydrogens (tertiary/aromatic N) is 7. The van der Waals surface area contributed by atoms with Gasteiger partial charge in [-0.3, -0.25) is 0 Å². The third-order valence-corrected chi connectivity index (χ3v) is 2.74. The van der Waals surface area contributed by atoms with Gasteiger partial charge in [0.05, 0.1) is 5.69 Å². The van der Waals surface area contributed by atoms with Crippen molar-refractivity contribution in [1.29, 1.82) is 0 Å². The zero-order valence-electron chi connectivity index (χ0n) is 8.97. The maximum atomic E-state index is 5.52. The summed E-state index contributed by atoms with van der Waals surface area (Å²) in [6.07, 6.45) is 0.